The van der Waals surface area contributed by atoms with E-state index < -0.39 is 39.7 Å². The van der Waals surface area contributed by atoms with Crippen LogP contribution in [0.3, 0.4) is 0 Å². The fraction of sp³-hybridized carbons (Fsp3) is 0.500. The van der Waals surface area contributed by atoms with E-state index in [2.05, 4.69) is 5.16 Å². The first-order chi connectivity index (χ1) is 15.5. The van der Waals surface area contributed by atoms with Gasteiger partial charge in [-0.05, 0) is 51.3 Å². The molecule has 1 fully saturated rings. The van der Waals surface area contributed by atoms with Gasteiger partial charge in [0.05, 0.1) is 5.92 Å². The summed E-state index contributed by atoms with van der Waals surface area (Å²) in [5.41, 5.74) is 0.917. The fourth-order valence-corrected chi connectivity index (χ4v) is 5.68. The van der Waals surface area contributed by atoms with Gasteiger partial charge in [0.1, 0.15) is 16.4 Å². The minimum Gasteiger partial charge on any atom is -0.452 e. The number of carbonyl (C=O) groups is 2. The molecule has 1 atom stereocenters. The molecular weight excluding hydrogens is 453 g/mol. The van der Waals surface area contributed by atoms with Crippen LogP contribution in [0.5, 0.6) is 0 Å². The van der Waals surface area contributed by atoms with Gasteiger partial charge >= 0.3 is 5.97 Å². The average molecular weight is 482 g/mol. The second kappa shape index (κ2) is 10.0. The normalized spacial score (nSPS) is 16.4. The minimum absolute atomic E-state index is 0.0593. The van der Waals surface area contributed by atoms with Gasteiger partial charge in [-0.15, -0.1) is 0 Å². The Bertz CT molecular complexity index is 1110. The first kappa shape index (κ1) is 24.8. The maximum atomic E-state index is 13.4. The van der Waals surface area contributed by atoms with E-state index in [1.54, 1.807) is 33.0 Å². The minimum atomic E-state index is -3.77. The monoisotopic (exact) mass is 481 g/mol. The molecular formula is C22H28FN3O6S. The van der Waals surface area contributed by atoms with E-state index in [1.165, 1.54) is 28.3 Å². The third kappa shape index (κ3) is 5.59. The van der Waals surface area contributed by atoms with Gasteiger partial charge in [-0.2, -0.15) is 4.31 Å². The van der Waals surface area contributed by atoms with Crippen molar-refractivity contribution >= 4 is 21.9 Å². The van der Waals surface area contributed by atoms with E-state index in [0.29, 0.717) is 11.3 Å². The number of ether oxygens (including phenoxy) is 1. The summed E-state index contributed by atoms with van der Waals surface area (Å²) in [4.78, 5) is 26.6. The van der Waals surface area contributed by atoms with E-state index in [9.17, 15) is 22.4 Å². The number of likely N-dealkylation sites (N-methyl/N-ethyl adjacent to an activating group) is 1. The highest BCUT2D eigenvalue weighted by atomic mass is 32.2. The summed E-state index contributed by atoms with van der Waals surface area (Å²) in [5, 5.41) is 3.70. The van der Waals surface area contributed by atoms with Gasteiger partial charge in [0.25, 0.3) is 5.91 Å². The number of piperidine rings is 1. The van der Waals surface area contributed by atoms with Gasteiger partial charge in [-0.1, -0.05) is 17.3 Å². The molecule has 0 aliphatic carbocycles. The maximum Gasteiger partial charge on any atom is 0.309 e. The highest BCUT2D eigenvalue weighted by Crippen LogP contribution is 2.28. The Labute approximate surface area is 192 Å². The van der Waals surface area contributed by atoms with Gasteiger partial charge in [-0.3, -0.25) is 9.59 Å². The summed E-state index contributed by atoms with van der Waals surface area (Å²) in [5.74, 6) is -1.63. The van der Waals surface area contributed by atoms with Crippen LogP contribution in [-0.2, 0) is 30.9 Å². The second-order valence-corrected chi connectivity index (χ2v) is 10.1. The molecule has 0 spiro atoms. The van der Waals surface area contributed by atoms with Crippen LogP contribution in [0.2, 0.25) is 0 Å². The van der Waals surface area contributed by atoms with Crippen molar-refractivity contribution in [3.05, 3.63) is 47.1 Å². The third-order valence-corrected chi connectivity index (χ3v) is 7.82. The predicted octanol–water partition coefficient (Wildman–Crippen LogP) is 2.42. The van der Waals surface area contributed by atoms with E-state index in [0.717, 1.165) is 0 Å². The molecule has 1 aromatic carbocycles. The van der Waals surface area contributed by atoms with Gasteiger partial charge in [0, 0.05) is 26.7 Å². The Kier molecular flexibility index (Phi) is 7.53. The number of hydrogen-bond acceptors (Lipinski definition) is 7. The largest absolute Gasteiger partial charge is 0.452 e. The van der Waals surface area contributed by atoms with Crippen molar-refractivity contribution in [2.75, 3.05) is 20.1 Å². The number of aryl methyl sites for hydroxylation is 2. The van der Waals surface area contributed by atoms with Crippen LogP contribution in [-0.4, -0.2) is 60.9 Å². The van der Waals surface area contributed by atoms with Crippen LogP contribution in [0.4, 0.5) is 4.39 Å². The number of nitrogens with zero attached hydrogens (tertiary/aromatic N) is 3. The lowest BCUT2D eigenvalue weighted by molar-refractivity contribution is -0.163. The summed E-state index contributed by atoms with van der Waals surface area (Å²) in [6, 6.07) is 5.92. The lowest BCUT2D eigenvalue weighted by atomic mass is 9.98. The Balaban J connectivity index is 1.53. The van der Waals surface area contributed by atoms with Gasteiger partial charge in [0.2, 0.25) is 10.0 Å². The zero-order valence-corrected chi connectivity index (χ0v) is 19.9. The second-order valence-electron chi connectivity index (χ2n) is 8.23. The van der Waals surface area contributed by atoms with Crippen molar-refractivity contribution in [2.45, 2.75) is 51.2 Å². The summed E-state index contributed by atoms with van der Waals surface area (Å²) in [7, 11) is -2.22. The Hall–Kier alpha value is -2.79. The Morgan fingerprint density at radius 2 is 1.97 bits per heavy atom. The molecule has 2 aromatic rings. The van der Waals surface area contributed by atoms with Crippen molar-refractivity contribution in [1.29, 1.82) is 0 Å². The topological polar surface area (TPSA) is 110 Å². The molecule has 11 heteroatoms. The van der Waals surface area contributed by atoms with Crippen molar-refractivity contribution in [2.24, 2.45) is 5.92 Å². The molecule has 1 saturated heterocycles. The Morgan fingerprint density at radius 1 is 1.30 bits per heavy atom. The molecule has 1 aromatic heterocycles. The standard InChI is InChI=1S/C22H28FN3O6S/c1-14-20(15(2)32-24-14)33(29,30)26-10-8-18(9-11-26)22(28)31-16(3)21(27)25(4)13-17-6-5-7-19(23)12-17/h5-7,12,16,18H,8-11,13H2,1-4H3. The molecule has 9 nitrogen and oxygen atoms in total. The first-order valence-corrected chi connectivity index (χ1v) is 12.1. The molecule has 180 valence electrons. The van der Waals surface area contributed by atoms with Crippen molar-refractivity contribution in [1.82, 2.24) is 14.4 Å². The van der Waals surface area contributed by atoms with Crippen LogP contribution in [0, 0.1) is 25.6 Å². The molecule has 2 heterocycles. The van der Waals surface area contributed by atoms with Crippen LogP contribution < -0.4 is 0 Å². The smallest absolute Gasteiger partial charge is 0.309 e. The van der Waals surface area contributed by atoms with Gasteiger partial charge in [-0.25, -0.2) is 12.8 Å². The molecule has 0 saturated carbocycles. The summed E-state index contributed by atoms with van der Waals surface area (Å²) >= 11 is 0. The number of benzene rings is 1. The fourth-order valence-electron chi connectivity index (χ4n) is 3.92. The van der Waals surface area contributed by atoms with Crippen molar-refractivity contribution in [3.8, 4) is 0 Å². The lowest BCUT2D eigenvalue weighted by Gasteiger charge is -2.30. The number of halogens is 1. The number of sulfonamides is 1. The predicted molar refractivity (Wildman–Crippen MR) is 116 cm³/mol. The molecule has 0 N–H and O–H groups in total. The van der Waals surface area contributed by atoms with E-state index in [1.807, 2.05) is 0 Å². The van der Waals surface area contributed by atoms with E-state index in [-0.39, 0.29) is 43.1 Å². The SMILES string of the molecule is Cc1noc(C)c1S(=O)(=O)N1CCC(C(=O)OC(C)C(=O)N(C)Cc2cccc(F)c2)CC1. The summed E-state index contributed by atoms with van der Waals surface area (Å²) in [6.07, 6.45) is -0.455. The maximum absolute atomic E-state index is 13.4. The van der Waals surface area contributed by atoms with Crippen LogP contribution in [0.1, 0.15) is 36.8 Å². The molecule has 3 rings (SSSR count). The number of esters is 1. The van der Waals surface area contributed by atoms with Crippen molar-refractivity contribution < 1.29 is 31.7 Å². The molecule has 33 heavy (non-hydrogen) atoms. The third-order valence-electron chi connectivity index (χ3n) is 5.68. The van der Waals surface area contributed by atoms with Crippen LogP contribution in [0.15, 0.2) is 33.7 Å². The molecule has 1 aliphatic heterocycles. The quantitative estimate of drug-likeness (QED) is 0.559. The summed E-state index contributed by atoms with van der Waals surface area (Å²) in [6.45, 7) is 5.07. The van der Waals surface area contributed by atoms with Gasteiger partial charge < -0.3 is 14.2 Å². The molecule has 0 radical (unpaired) electrons. The Morgan fingerprint density at radius 3 is 2.55 bits per heavy atom. The first-order valence-electron chi connectivity index (χ1n) is 10.6. The highest BCUT2D eigenvalue weighted by molar-refractivity contribution is 7.89. The highest BCUT2D eigenvalue weighted by Gasteiger charge is 2.36. The van der Waals surface area contributed by atoms with E-state index in [4.69, 9.17) is 9.26 Å². The molecule has 1 aliphatic rings. The number of aromatic nitrogens is 1. The lowest BCUT2D eigenvalue weighted by Crippen LogP contribution is -2.42. The van der Waals surface area contributed by atoms with Crippen LogP contribution in [0.25, 0.3) is 0 Å². The van der Waals surface area contributed by atoms with Crippen LogP contribution >= 0.6 is 0 Å². The number of amides is 1. The number of carbonyl (C=O) groups excluding carboxylic acids is 2. The summed E-state index contributed by atoms with van der Waals surface area (Å²) < 4.78 is 50.8. The molecule has 0 bridgehead atoms. The van der Waals surface area contributed by atoms with E-state index >= 15 is 0 Å². The van der Waals surface area contributed by atoms with Crippen molar-refractivity contribution in [3.63, 3.8) is 0 Å². The average Bonchev–Trinajstić information content (AvgIpc) is 3.11. The molecule has 1 unspecified atom stereocenters. The zero-order chi connectivity index (χ0) is 24.3. The number of rotatable bonds is 7. The number of hydrogen-bond donors (Lipinski definition) is 0. The molecule has 1 amide bonds. The van der Waals surface area contributed by atoms with Gasteiger partial charge in [0.15, 0.2) is 11.9 Å². The zero-order valence-electron chi connectivity index (χ0n) is 19.1.